The Morgan fingerprint density at radius 2 is 1.82 bits per heavy atom. The highest BCUT2D eigenvalue weighted by atomic mass is 35.5. The first-order chi connectivity index (χ1) is 13.3. The van der Waals surface area contributed by atoms with Gasteiger partial charge in [-0.05, 0) is 36.4 Å². The van der Waals surface area contributed by atoms with Crippen molar-refractivity contribution in [3.05, 3.63) is 65.0 Å². The molecule has 0 aliphatic rings. The monoisotopic (exact) mass is 410 g/mol. The van der Waals surface area contributed by atoms with Crippen LogP contribution in [-0.2, 0) is 6.54 Å². The molecule has 3 aromatic rings. The van der Waals surface area contributed by atoms with Crippen molar-refractivity contribution in [1.29, 1.82) is 0 Å². The topological polar surface area (TPSA) is 80.0 Å². The van der Waals surface area contributed by atoms with Crippen molar-refractivity contribution in [3.8, 4) is 11.4 Å². The molecule has 0 saturated heterocycles. The van der Waals surface area contributed by atoms with Crippen LogP contribution in [0, 0.1) is 0 Å². The summed E-state index contributed by atoms with van der Waals surface area (Å²) < 4.78 is 42.1. The van der Waals surface area contributed by atoms with Crippen LogP contribution < -0.4 is 10.6 Å². The van der Waals surface area contributed by atoms with Gasteiger partial charge in [0, 0.05) is 16.3 Å². The van der Waals surface area contributed by atoms with E-state index in [1.54, 1.807) is 42.5 Å². The number of halogens is 4. The standard InChI is InChI=1S/C18H14ClF3N4O2/c19-12-7-5-11(6-8-12)16-25-15(28-26-16)9-23-14-4-2-1-3-13(14)17(27)24-10-18(20,21)22/h1-8,23H,9-10H2,(H,24,27). The number of nitrogens with zero attached hydrogens (tertiary/aromatic N) is 2. The molecule has 146 valence electrons. The molecule has 3 rings (SSSR count). The lowest BCUT2D eigenvalue weighted by Gasteiger charge is -2.12. The Balaban J connectivity index is 1.67. The molecule has 0 saturated carbocycles. The largest absolute Gasteiger partial charge is 0.405 e. The van der Waals surface area contributed by atoms with Crippen LogP contribution in [0.15, 0.2) is 53.1 Å². The van der Waals surface area contributed by atoms with Gasteiger partial charge in [-0.15, -0.1) is 0 Å². The summed E-state index contributed by atoms with van der Waals surface area (Å²) in [7, 11) is 0. The zero-order chi connectivity index (χ0) is 20.1. The van der Waals surface area contributed by atoms with Crippen LogP contribution in [0.2, 0.25) is 5.02 Å². The number of aromatic nitrogens is 2. The third-order valence-corrected chi connectivity index (χ3v) is 3.87. The molecule has 0 bridgehead atoms. The number of rotatable bonds is 6. The van der Waals surface area contributed by atoms with Crippen LogP contribution in [-0.4, -0.2) is 28.8 Å². The first kappa shape index (κ1) is 19.7. The maximum atomic E-state index is 12.3. The van der Waals surface area contributed by atoms with Crippen molar-refractivity contribution in [2.24, 2.45) is 0 Å². The SMILES string of the molecule is O=C(NCC(F)(F)F)c1ccccc1NCc1nc(-c2ccc(Cl)cc2)no1. The van der Waals surface area contributed by atoms with E-state index in [-0.39, 0.29) is 18.0 Å². The smallest absolute Gasteiger partial charge is 0.375 e. The third-order valence-electron chi connectivity index (χ3n) is 3.62. The van der Waals surface area contributed by atoms with E-state index in [1.807, 2.05) is 5.32 Å². The van der Waals surface area contributed by atoms with Crippen LogP contribution in [0.4, 0.5) is 18.9 Å². The number of carbonyl (C=O) groups is 1. The van der Waals surface area contributed by atoms with Gasteiger partial charge in [0.15, 0.2) is 0 Å². The molecule has 2 N–H and O–H groups in total. The van der Waals surface area contributed by atoms with Crippen molar-refractivity contribution < 1.29 is 22.5 Å². The van der Waals surface area contributed by atoms with Gasteiger partial charge in [0.2, 0.25) is 11.7 Å². The molecule has 1 aromatic heterocycles. The van der Waals surface area contributed by atoms with Gasteiger partial charge >= 0.3 is 6.18 Å². The van der Waals surface area contributed by atoms with Crippen LogP contribution in [0.5, 0.6) is 0 Å². The zero-order valence-corrected chi connectivity index (χ0v) is 15.0. The van der Waals surface area contributed by atoms with Crippen molar-refractivity contribution >= 4 is 23.2 Å². The second-order valence-electron chi connectivity index (χ2n) is 5.72. The Kier molecular flexibility index (Phi) is 5.84. The minimum absolute atomic E-state index is 0.0733. The van der Waals surface area contributed by atoms with E-state index in [2.05, 4.69) is 15.5 Å². The Morgan fingerprint density at radius 1 is 1.11 bits per heavy atom. The van der Waals surface area contributed by atoms with E-state index < -0.39 is 18.6 Å². The van der Waals surface area contributed by atoms with Gasteiger partial charge in [-0.1, -0.05) is 28.9 Å². The average Bonchev–Trinajstić information content (AvgIpc) is 3.14. The van der Waals surface area contributed by atoms with E-state index in [1.165, 1.54) is 6.07 Å². The number of nitrogens with one attached hydrogen (secondary N) is 2. The molecule has 0 fully saturated rings. The molecule has 0 aliphatic heterocycles. The quantitative estimate of drug-likeness (QED) is 0.633. The maximum Gasteiger partial charge on any atom is 0.405 e. The summed E-state index contributed by atoms with van der Waals surface area (Å²) in [5.74, 6) is -0.229. The van der Waals surface area contributed by atoms with Gasteiger partial charge < -0.3 is 15.2 Å². The van der Waals surface area contributed by atoms with Crippen molar-refractivity contribution in [1.82, 2.24) is 15.5 Å². The lowest BCUT2D eigenvalue weighted by Crippen LogP contribution is -2.34. The summed E-state index contributed by atoms with van der Waals surface area (Å²) in [6.07, 6.45) is -4.49. The van der Waals surface area contributed by atoms with E-state index in [0.29, 0.717) is 22.1 Å². The number of amides is 1. The molecule has 0 radical (unpaired) electrons. The van der Waals surface area contributed by atoms with Gasteiger partial charge in [0.05, 0.1) is 12.1 Å². The van der Waals surface area contributed by atoms with Crippen LogP contribution in [0.25, 0.3) is 11.4 Å². The highest BCUT2D eigenvalue weighted by Crippen LogP contribution is 2.20. The summed E-state index contributed by atoms with van der Waals surface area (Å²) in [6, 6.07) is 13.1. The zero-order valence-electron chi connectivity index (χ0n) is 14.3. The van der Waals surface area contributed by atoms with Gasteiger partial charge in [0.25, 0.3) is 5.91 Å². The van der Waals surface area contributed by atoms with E-state index in [0.717, 1.165) is 0 Å². The van der Waals surface area contributed by atoms with Gasteiger partial charge in [-0.2, -0.15) is 18.2 Å². The predicted molar refractivity (Wildman–Crippen MR) is 96.9 cm³/mol. The minimum atomic E-state index is -4.49. The number of hydrogen-bond acceptors (Lipinski definition) is 5. The lowest BCUT2D eigenvalue weighted by atomic mass is 10.1. The molecule has 6 nitrogen and oxygen atoms in total. The average molecular weight is 411 g/mol. The molecule has 2 aromatic carbocycles. The van der Waals surface area contributed by atoms with E-state index in [4.69, 9.17) is 16.1 Å². The minimum Gasteiger partial charge on any atom is -0.375 e. The van der Waals surface area contributed by atoms with Crippen molar-refractivity contribution in [3.63, 3.8) is 0 Å². The number of benzene rings is 2. The molecular formula is C18H14ClF3N4O2. The van der Waals surface area contributed by atoms with Crippen molar-refractivity contribution in [2.45, 2.75) is 12.7 Å². The molecule has 10 heteroatoms. The fraction of sp³-hybridized carbons (Fsp3) is 0.167. The number of anilines is 1. The fourth-order valence-corrected chi connectivity index (χ4v) is 2.45. The number of hydrogen-bond donors (Lipinski definition) is 2. The second-order valence-corrected chi connectivity index (χ2v) is 6.15. The summed E-state index contributed by atoms with van der Waals surface area (Å²) in [5, 5.41) is 9.21. The lowest BCUT2D eigenvalue weighted by molar-refractivity contribution is -0.123. The Hall–Kier alpha value is -3.07. The number of carbonyl (C=O) groups excluding carboxylic acids is 1. The van der Waals surface area contributed by atoms with Crippen LogP contribution >= 0.6 is 11.6 Å². The van der Waals surface area contributed by atoms with E-state index >= 15 is 0 Å². The highest BCUT2D eigenvalue weighted by Gasteiger charge is 2.28. The Bertz CT molecular complexity index is 958. The summed E-state index contributed by atoms with van der Waals surface area (Å²) in [5.41, 5.74) is 1.13. The Labute approximate surface area is 162 Å². The summed E-state index contributed by atoms with van der Waals surface area (Å²) >= 11 is 5.84. The number of para-hydroxylation sites is 1. The molecule has 0 aliphatic carbocycles. The molecule has 0 atom stereocenters. The summed E-state index contributed by atoms with van der Waals surface area (Å²) in [6.45, 7) is -1.32. The second kappa shape index (κ2) is 8.30. The highest BCUT2D eigenvalue weighted by molar-refractivity contribution is 6.30. The molecule has 0 unspecified atom stereocenters. The first-order valence-electron chi connectivity index (χ1n) is 8.08. The van der Waals surface area contributed by atoms with Gasteiger partial charge in [-0.25, -0.2) is 0 Å². The molecule has 1 heterocycles. The molecule has 0 spiro atoms. The molecule has 1 amide bonds. The van der Waals surface area contributed by atoms with Crippen LogP contribution in [0.1, 0.15) is 16.2 Å². The first-order valence-corrected chi connectivity index (χ1v) is 8.46. The molecular weight excluding hydrogens is 397 g/mol. The van der Waals surface area contributed by atoms with Crippen molar-refractivity contribution in [2.75, 3.05) is 11.9 Å². The predicted octanol–water partition coefficient (Wildman–Crippen LogP) is 4.29. The summed E-state index contributed by atoms with van der Waals surface area (Å²) in [4.78, 5) is 16.3. The van der Waals surface area contributed by atoms with Gasteiger partial charge in [0.1, 0.15) is 6.54 Å². The maximum absolute atomic E-state index is 12.3. The Morgan fingerprint density at radius 3 is 2.54 bits per heavy atom. The fourth-order valence-electron chi connectivity index (χ4n) is 2.32. The van der Waals surface area contributed by atoms with E-state index in [9.17, 15) is 18.0 Å². The normalized spacial score (nSPS) is 11.3. The third kappa shape index (κ3) is 5.23. The van der Waals surface area contributed by atoms with Crippen LogP contribution in [0.3, 0.4) is 0 Å². The van der Waals surface area contributed by atoms with Gasteiger partial charge in [-0.3, -0.25) is 4.79 Å². The molecule has 28 heavy (non-hydrogen) atoms. The number of alkyl halides is 3.